The molecule has 0 atom stereocenters. The van der Waals surface area contributed by atoms with Crippen LogP contribution < -0.4 is 42.4 Å². The molecule has 0 unspecified atom stereocenters. The number of ether oxygens (including phenoxy) is 2. The molecule has 4 aromatic heterocycles. The third kappa shape index (κ3) is 29.7. The molecule has 15 rings (SSSR count). The van der Waals surface area contributed by atoms with Crippen molar-refractivity contribution in [2.45, 2.75) is 88.6 Å². The summed E-state index contributed by atoms with van der Waals surface area (Å²) in [6, 6.07) is 37.8. The highest BCUT2D eigenvalue weighted by atomic mass is 79.9. The van der Waals surface area contributed by atoms with Gasteiger partial charge in [0.15, 0.2) is 0 Å². The predicted molar refractivity (Wildman–Crippen MR) is 518 cm³/mol. The molecule has 21 nitrogen and oxygen atoms in total. The number of phenols is 3. The normalized spacial score (nSPS) is 12.8. The summed E-state index contributed by atoms with van der Waals surface area (Å²) in [6.45, 7) is 32.1. The topological polar surface area (TPSA) is 293 Å². The minimum Gasteiger partial charge on any atom is -0.508 e. The molecule has 620 valence electrons. The Morgan fingerprint density at radius 2 is 0.983 bits per heavy atom. The van der Waals surface area contributed by atoms with E-state index in [0.29, 0.717) is 51.0 Å². The maximum atomic E-state index is 12.2. The smallest absolute Gasteiger partial charge is 0.318 e. The van der Waals surface area contributed by atoms with Crippen molar-refractivity contribution in [3.05, 3.63) is 224 Å². The van der Waals surface area contributed by atoms with Crippen LogP contribution in [-0.2, 0) is 27.3 Å². The molecular formula is C84H92Br8N14O7S4. The van der Waals surface area contributed by atoms with Gasteiger partial charge in [-0.05, 0) is 334 Å². The Hall–Kier alpha value is -6.96. The minimum absolute atomic E-state index is 0.0380. The van der Waals surface area contributed by atoms with Gasteiger partial charge in [-0.2, -0.15) is 9.97 Å². The number of nitrogens with zero attached hydrogens (tertiary/aromatic N) is 9. The third-order valence-electron chi connectivity index (χ3n) is 17.4. The van der Waals surface area contributed by atoms with Gasteiger partial charge in [0, 0.05) is 118 Å². The van der Waals surface area contributed by atoms with Gasteiger partial charge < -0.3 is 67.3 Å². The van der Waals surface area contributed by atoms with Crippen LogP contribution in [0.1, 0.15) is 74.4 Å². The van der Waals surface area contributed by atoms with Crippen LogP contribution in [0.5, 0.6) is 23.3 Å². The molecule has 7 heterocycles. The number of carbonyl (C=O) groups is 2. The van der Waals surface area contributed by atoms with Crippen LogP contribution in [0.4, 0.5) is 39.9 Å². The molecule has 33 heteroatoms. The van der Waals surface area contributed by atoms with E-state index in [2.05, 4.69) is 188 Å². The zero-order valence-corrected chi connectivity index (χ0v) is 82.1. The highest BCUT2D eigenvalue weighted by Gasteiger charge is 2.30. The Bertz CT molecular complexity index is 5130. The number of rotatable bonds is 10. The Kier molecular flexibility index (Phi) is 37.7. The maximum Gasteiger partial charge on any atom is 0.318 e. The van der Waals surface area contributed by atoms with E-state index >= 15 is 0 Å². The fourth-order valence-electron chi connectivity index (χ4n) is 11.9. The number of piperazine rings is 1. The number of nitrogen functional groups attached to an aromatic ring is 3. The molecule has 2 saturated heterocycles. The second kappa shape index (κ2) is 46.2. The number of nitrogens with one attached hydrogen (secondary N) is 2. The number of nitrogens with two attached hydrogens (primary N) is 3. The number of hydrogen-bond acceptors (Lipinski definition) is 22. The SMILES string of the molecule is C=CC(=O)N1CCN(c2nc(OCCCN3CCOCC3)nc3c2CCN(c2cc(O)cc4sc(C)nc24)C3)CC1.CC(=O)Nc1c(Br)cc(C)cc1Br.CC(=S)Nc1c(Br)cc(C)cc1Br.Cc1cc(Br)c(N)c(Br)c1.Cc1cc(Br)c2nc(C)sc2c1.Cc1ccc(N)cc1.Cc1nc2c(Br)cc(O)cc2s1.Nc1ccc(O)cc1. The molecule has 0 spiro atoms. The molecular weight excluding hydrogens is 2080 g/mol. The first-order chi connectivity index (χ1) is 55.5. The average molecular weight is 2180 g/mol. The highest BCUT2D eigenvalue weighted by Crippen LogP contribution is 2.40. The number of aromatic hydroxyl groups is 3. The van der Waals surface area contributed by atoms with Crippen LogP contribution in [0.3, 0.4) is 0 Å². The van der Waals surface area contributed by atoms with Crippen LogP contribution in [0.25, 0.3) is 30.6 Å². The Balaban J connectivity index is 0.000000185. The summed E-state index contributed by atoms with van der Waals surface area (Å²) in [6.07, 6.45) is 3.02. The van der Waals surface area contributed by atoms with Crippen molar-refractivity contribution < 1.29 is 34.4 Å². The highest BCUT2D eigenvalue weighted by molar-refractivity contribution is 9.12. The molecule has 0 saturated carbocycles. The van der Waals surface area contributed by atoms with Crippen molar-refractivity contribution in [3.63, 3.8) is 0 Å². The fraction of sp³-hybridized carbons (Fsp3) is 0.286. The summed E-state index contributed by atoms with van der Waals surface area (Å²) in [7, 11) is 0. The molecule has 12 aromatic rings. The number of hydrogen-bond donors (Lipinski definition) is 8. The van der Waals surface area contributed by atoms with E-state index in [-0.39, 0.29) is 29.1 Å². The molecule has 117 heavy (non-hydrogen) atoms. The van der Waals surface area contributed by atoms with E-state index in [0.717, 1.165) is 185 Å². The van der Waals surface area contributed by atoms with Gasteiger partial charge in [-0.3, -0.25) is 14.5 Å². The summed E-state index contributed by atoms with van der Waals surface area (Å²) in [4.78, 5) is 55.8. The van der Waals surface area contributed by atoms with Crippen molar-refractivity contribution in [1.82, 2.24) is 34.7 Å². The third-order valence-corrected chi connectivity index (χ3v) is 25.2. The van der Waals surface area contributed by atoms with E-state index in [1.54, 1.807) is 82.5 Å². The largest absolute Gasteiger partial charge is 0.508 e. The quantitative estimate of drug-likeness (QED) is 0.0207. The zero-order valence-electron chi connectivity index (χ0n) is 66.1. The first-order valence-electron chi connectivity index (χ1n) is 36.7. The molecule has 0 radical (unpaired) electrons. The van der Waals surface area contributed by atoms with Crippen molar-refractivity contribution in [1.29, 1.82) is 0 Å². The van der Waals surface area contributed by atoms with Gasteiger partial charge in [-0.1, -0.05) is 36.5 Å². The van der Waals surface area contributed by atoms with Crippen LogP contribution in [0.2, 0.25) is 0 Å². The number of morpholine rings is 1. The monoisotopic (exact) mass is 2170 g/mol. The Morgan fingerprint density at radius 1 is 0.530 bits per heavy atom. The number of aromatic nitrogens is 5. The van der Waals surface area contributed by atoms with E-state index in [4.69, 9.17) is 59.0 Å². The standard InChI is InChI=1S/C29H37N7O4S.C9H9Br2NO.C9H9Br2NS.C9H8BrNS.C8H6BrNOS.C7H7Br2N.C7H9N.C6H7NO/c1-3-26(38)34-8-10-35(11-9-34)28-22-5-7-36(24-17-21(37)18-25-27(24)30-20(2)41-25)19-23(22)31-29(32-28)40-14-4-6-33-12-15-39-16-13-33;2*1-5-3-7(10)9(8(11)4-5)12-6(2)13;1-5-3-7(10)9-8(4-5)12-6(2)11-9;1-4-10-8-6(9)2-5(11)3-7(8)12-4;1-4-2-5(8)7(10)6(9)3-4;1-6-2-4-7(8)5-3-6;7-5-1-3-6(8)4-2-5/h3,17-18,37H,1,4-16,19H2,2H3;2*3-4H,1-2H3,(H,12,13);3-4H,1-2H3;2-3,11H,1H3;2-3H,10H2,1H3;2-5H,8H2,1H3;1-4,8H,7H2. The number of phenolic OH excluding ortho intramolecular Hbond substituents is 3. The van der Waals surface area contributed by atoms with Crippen molar-refractivity contribution in [2.24, 2.45) is 0 Å². The lowest BCUT2D eigenvalue weighted by Crippen LogP contribution is -2.49. The number of carbonyl (C=O) groups excluding carboxylic acids is 2. The number of thiazole rings is 3. The first kappa shape index (κ1) is 95.5. The van der Waals surface area contributed by atoms with Gasteiger partial charge in [-0.15, -0.1) is 34.0 Å². The van der Waals surface area contributed by atoms with Gasteiger partial charge in [0.1, 0.15) is 28.6 Å². The number of aryl methyl sites for hydroxylation is 8. The molecule has 3 aliphatic heterocycles. The Morgan fingerprint density at radius 3 is 1.48 bits per heavy atom. The second-order valence-corrected chi connectivity index (χ2v) is 38.3. The molecule has 3 aliphatic rings. The average Bonchev–Trinajstić information content (AvgIpc) is 1.76. The predicted octanol–water partition coefficient (Wildman–Crippen LogP) is 22.8. The molecule has 2 amide bonds. The molecule has 8 aromatic carbocycles. The maximum absolute atomic E-state index is 12.2. The molecule has 0 aliphatic carbocycles. The zero-order chi connectivity index (χ0) is 85.5. The summed E-state index contributed by atoms with van der Waals surface area (Å²) in [5.74, 6) is 1.54. The van der Waals surface area contributed by atoms with Gasteiger partial charge >= 0.3 is 6.01 Å². The van der Waals surface area contributed by atoms with Crippen LogP contribution in [0.15, 0.2) is 170 Å². The summed E-state index contributed by atoms with van der Waals surface area (Å²) < 4.78 is 22.5. The van der Waals surface area contributed by atoms with Gasteiger partial charge in [-0.25, -0.2) is 15.0 Å². The van der Waals surface area contributed by atoms with Crippen LogP contribution >= 0.6 is 174 Å². The van der Waals surface area contributed by atoms with Gasteiger partial charge in [0.25, 0.3) is 0 Å². The van der Waals surface area contributed by atoms with Crippen molar-refractivity contribution in [3.8, 4) is 23.3 Å². The Labute approximate surface area is 767 Å². The second-order valence-electron chi connectivity index (χ2n) is 27.2. The fourth-order valence-corrected chi connectivity index (χ4v) is 20.8. The van der Waals surface area contributed by atoms with Crippen molar-refractivity contribution >= 4 is 261 Å². The lowest BCUT2D eigenvalue weighted by Gasteiger charge is -2.38. The van der Waals surface area contributed by atoms with E-state index in [1.165, 1.54) is 40.0 Å². The first-order valence-corrected chi connectivity index (χ1v) is 45.9. The van der Waals surface area contributed by atoms with Gasteiger partial charge in [0.05, 0.1) is 100.0 Å². The van der Waals surface area contributed by atoms with E-state index in [1.807, 2.05) is 121 Å². The number of thiocarbonyl (C=S) groups is 1. The molecule has 11 N–H and O–H groups in total. The number of benzene rings is 8. The minimum atomic E-state index is -0.0785. The molecule has 2 fully saturated rings. The number of amides is 2. The summed E-state index contributed by atoms with van der Waals surface area (Å²) in [5, 5.41) is 37.4. The number of anilines is 7. The van der Waals surface area contributed by atoms with Gasteiger partial charge in [0.2, 0.25) is 11.8 Å². The van der Waals surface area contributed by atoms with Crippen molar-refractivity contribution in [2.75, 3.05) is 110 Å². The summed E-state index contributed by atoms with van der Waals surface area (Å²) in [5.41, 5.74) is 32.3. The van der Waals surface area contributed by atoms with E-state index < -0.39 is 0 Å². The van der Waals surface area contributed by atoms with E-state index in [9.17, 15) is 19.8 Å². The molecule has 0 bridgehead atoms. The lowest BCUT2D eigenvalue weighted by atomic mass is 10.0. The number of fused-ring (bicyclic) bond motifs is 4. The van der Waals surface area contributed by atoms with Crippen LogP contribution in [-0.4, -0.2) is 139 Å². The lowest BCUT2D eigenvalue weighted by molar-refractivity contribution is -0.126. The number of halogens is 8. The summed E-state index contributed by atoms with van der Waals surface area (Å²) >= 11 is 37.1. The van der Waals surface area contributed by atoms with Crippen LogP contribution in [0, 0.1) is 55.4 Å².